The fourth-order valence-corrected chi connectivity index (χ4v) is 4.81. The maximum absolute atomic E-state index is 14.4. The third-order valence-corrected chi connectivity index (χ3v) is 6.47. The molecule has 164 valence electrons. The van der Waals surface area contributed by atoms with Crippen molar-refractivity contribution in [3.05, 3.63) is 53.6 Å². The number of anilines is 1. The fourth-order valence-electron chi connectivity index (χ4n) is 4.81. The van der Waals surface area contributed by atoms with Gasteiger partial charge in [-0.1, -0.05) is 12.1 Å². The monoisotopic (exact) mass is 426 g/mol. The number of halogens is 2. The Labute approximate surface area is 180 Å². The van der Waals surface area contributed by atoms with Crippen LogP contribution in [0, 0.1) is 6.92 Å². The number of rotatable bonds is 4. The van der Waals surface area contributed by atoms with E-state index in [9.17, 15) is 8.78 Å². The minimum absolute atomic E-state index is 0.211. The van der Waals surface area contributed by atoms with Crippen LogP contribution in [0.15, 0.2) is 36.5 Å². The molecule has 4 heterocycles. The minimum atomic E-state index is -2.73. The summed E-state index contributed by atoms with van der Waals surface area (Å²) in [6.45, 7) is 5.95. The molecule has 5 rings (SSSR count). The number of para-hydroxylation sites is 1. The smallest absolute Gasteiger partial charge is 0.262 e. The number of hydrogen-bond donors (Lipinski definition) is 1. The van der Waals surface area contributed by atoms with Crippen molar-refractivity contribution in [3.8, 4) is 0 Å². The molecule has 0 aliphatic carbocycles. The number of benzene rings is 1. The SMILES string of the molecule is Cc1cccnc1C1CC(F)(F)CN1Cc1nc2cccc(N3CCN(C)CC3)c2[nH]1. The number of piperazine rings is 1. The number of H-pyrrole nitrogens is 1. The number of likely N-dealkylation sites (N-methyl/N-ethyl adjacent to an activating group) is 1. The molecule has 2 aliphatic rings. The van der Waals surface area contributed by atoms with Crippen molar-refractivity contribution >= 4 is 16.7 Å². The lowest BCUT2D eigenvalue weighted by molar-refractivity contribution is 0.0111. The lowest BCUT2D eigenvalue weighted by Gasteiger charge is -2.34. The fraction of sp³-hybridized carbons (Fsp3) is 0.478. The largest absolute Gasteiger partial charge is 0.367 e. The molecule has 1 atom stereocenters. The average Bonchev–Trinajstić information content (AvgIpc) is 3.28. The van der Waals surface area contributed by atoms with Gasteiger partial charge in [-0.05, 0) is 37.7 Å². The molecule has 0 bridgehead atoms. The highest BCUT2D eigenvalue weighted by atomic mass is 19.3. The van der Waals surface area contributed by atoms with E-state index >= 15 is 0 Å². The van der Waals surface area contributed by atoms with Gasteiger partial charge in [0.15, 0.2) is 0 Å². The summed E-state index contributed by atoms with van der Waals surface area (Å²) in [4.78, 5) is 19.1. The number of aromatic amines is 1. The molecular weight excluding hydrogens is 398 g/mol. The first-order valence-electron chi connectivity index (χ1n) is 10.8. The van der Waals surface area contributed by atoms with E-state index in [-0.39, 0.29) is 13.0 Å². The molecule has 2 aliphatic heterocycles. The zero-order valence-electron chi connectivity index (χ0n) is 18.0. The van der Waals surface area contributed by atoms with Gasteiger partial charge in [0.2, 0.25) is 0 Å². The molecule has 0 amide bonds. The maximum Gasteiger partial charge on any atom is 0.262 e. The summed E-state index contributed by atoms with van der Waals surface area (Å²) < 4.78 is 28.8. The van der Waals surface area contributed by atoms with Gasteiger partial charge in [-0.25, -0.2) is 13.8 Å². The van der Waals surface area contributed by atoms with E-state index in [0.717, 1.165) is 54.2 Å². The summed E-state index contributed by atoms with van der Waals surface area (Å²) in [6.07, 6.45) is 1.47. The summed E-state index contributed by atoms with van der Waals surface area (Å²) in [6, 6.07) is 9.47. The van der Waals surface area contributed by atoms with E-state index in [1.165, 1.54) is 0 Å². The Hall–Kier alpha value is -2.58. The average molecular weight is 427 g/mol. The van der Waals surface area contributed by atoms with E-state index < -0.39 is 12.0 Å². The second kappa shape index (κ2) is 7.84. The summed E-state index contributed by atoms with van der Waals surface area (Å²) >= 11 is 0. The van der Waals surface area contributed by atoms with E-state index in [0.29, 0.717) is 12.4 Å². The number of likely N-dealkylation sites (tertiary alicyclic amines) is 1. The number of pyridine rings is 1. The predicted octanol–water partition coefficient (Wildman–Crippen LogP) is 3.60. The first-order valence-corrected chi connectivity index (χ1v) is 10.8. The Morgan fingerprint density at radius 3 is 2.71 bits per heavy atom. The van der Waals surface area contributed by atoms with Gasteiger partial charge in [0.1, 0.15) is 5.82 Å². The van der Waals surface area contributed by atoms with Gasteiger partial charge in [-0.15, -0.1) is 0 Å². The minimum Gasteiger partial charge on any atom is -0.367 e. The van der Waals surface area contributed by atoms with Gasteiger partial charge in [0.05, 0.1) is 41.5 Å². The Morgan fingerprint density at radius 2 is 1.94 bits per heavy atom. The number of imidazole rings is 1. The van der Waals surface area contributed by atoms with E-state index in [2.05, 4.69) is 32.9 Å². The van der Waals surface area contributed by atoms with Crippen LogP contribution in [0.4, 0.5) is 14.5 Å². The Morgan fingerprint density at radius 1 is 1.13 bits per heavy atom. The van der Waals surface area contributed by atoms with Crippen LogP contribution in [0.3, 0.4) is 0 Å². The lowest BCUT2D eigenvalue weighted by Crippen LogP contribution is -2.44. The highest BCUT2D eigenvalue weighted by molar-refractivity contribution is 5.89. The third-order valence-electron chi connectivity index (χ3n) is 6.47. The molecule has 0 saturated carbocycles. The number of nitrogens with one attached hydrogen (secondary N) is 1. The van der Waals surface area contributed by atoms with Crippen molar-refractivity contribution in [1.82, 2.24) is 24.8 Å². The standard InChI is InChI=1S/C23H28F2N6/c1-16-5-4-8-26-21(16)19-13-23(24,25)15-31(19)14-20-27-17-6-3-7-18(22(17)28-20)30-11-9-29(2)10-12-30/h3-8,19H,9-15H2,1-2H3,(H,27,28). The van der Waals surface area contributed by atoms with E-state index in [1.54, 1.807) is 6.20 Å². The second-order valence-corrected chi connectivity index (χ2v) is 8.83. The van der Waals surface area contributed by atoms with Crippen LogP contribution >= 0.6 is 0 Å². The summed E-state index contributed by atoms with van der Waals surface area (Å²) in [5.74, 6) is -2.01. The van der Waals surface area contributed by atoms with Crippen LogP contribution < -0.4 is 4.90 Å². The van der Waals surface area contributed by atoms with Crippen molar-refractivity contribution < 1.29 is 8.78 Å². The van der Waals surface area contributed by atoms with Gasteiger partial charge < -0.3 is 14.8 Å². The highest BCUT2D eigenvalue weighted by Gasteiger charge is 2.46. The second-order valence-electron chi connectivity index (χ2n) is 8.83. The number of fused-ring (bicyclic) bond motifs is 1. The first kappa shape index (κ1) is 20.3. The van der Waals surface area contributed by atoms with E-state index in [4.69, 9.17) is 4.98 Å². The molecule has 8 heteroatoms. The number of nitrogens with zero attached hydrogens (tertiary/aromatic N) is 5. The Kier molecular flexibility index (Phi) is 5.14. The van der Waals surface area contributed by atoms with Gasteiger partial charge in [0, 0.05) is 38.8 Å². The van der Waals surface area contributed by atoms with Crippen LogP contribution in [0.1, 0.15) is 29.5 Å². The predicted molar refractivity (Wildman–Crippen MR) is 117 cm³/mol. The molecule has 1 aromatic carbocycles. The van der Waals surface area contributed by atoms with Gasteiger partial charge >= 0.3 is 0 Å². The summed E-state index contributed by atoms with van der Waals surface area (Å²) in [5, 5.41) is 0. The van der Waals surface area contributed by atoms with Crippen LogP contribution in [0.25, 0.3) is 11.0 Å². The zero-order chi connectivity index (χ0) is 21.6. The van der Waals surface area contributed by atoms with Gasteiger partial charge in [0.25, 0.3) is 5.92 Å². The number of aromatic nitrogens is 3. The van der Waals surface area contributed by atoms with Crippen LogP contribution in [0.5, 0.6) is 0 Å². The van der Waals surface area contributed by atoms with Crippen LogP contribution in [-0.4, -0.2) is 70.4 Å². The molecule has 3 aromatic rings. The van der Waals surface area contributed by atoms with Crippen molar-refractivity contribution in [2.75, 3.05) is 44.7 Å². The van der Waals surface area contributed by atoms with Gasteiger partial charge in [-0.2, -0.15) is 0 Å². The Balaban J connectivity index is 1.43. The molecule has 2 saturated heterocycles. The molecule has 1 N–H and O–H groups in total. The molecule has 2 aromatic heterocycles. The molecule has 2 fully saturated rings. The molecule has 31 heavy (non-hydrogen) atoms. The van der Waals surface area contributed by atoms with Crippen molar-refractivity contribution in [3.63, 3.8) is 0 Å². The number of hydrogen-bond acceptors (Lipinski definition) is 5. The van der Waals surface area contributed by atoms with Crippen LogP contribution in [-0.2, 0) is 6.54 Å². The quantitative estimate of drug-likeness (QED) is 0.691. The summed E-state index contributed by atoms with van der Waals surface area (Å²) in [5.41, 5.74) is 4.67. The van der Waals surface area contributed by atoms with Crippen molar-refractivity contribution in [2.24, 2.45) is 0 Å². The topological polar surface area (TPSA) is 51.3 Å². The zero-order valence-corrected chi connectivity index (χ0v) is 18.0. The normalized spacial score (nSPS) is 22.5. The maximum atomic E-state index is 14.4. The Bertz CT molecular complexity index is 1070. The lowest BCUT2D eigenvalue weighted by atomic mass is 10.0. The van der Waals surface area contributed by atoms with E-state index in [1.807, 2.05) is 36.1 Å². The highest BCUT2D eigenvalue weighted by Crippen LogP contribution is 2.42. The number of aryl methyl sites for hydroxylation is 1. The van der Waals surface area contributed by atoms with Crippen LogP contribution in [0.2, 0.25) is 0 Å². The van der Waals surface area contributed by atoms with Gasteiger partial charge in [-0.3, -0.25) is 9.88 Å². The first-order chi connectivity index (χ1) is 14.9. The molecule has 0 radical (unpaired) electrons. The number of alkyl halides is 2. The molecule has 0 spiro atoms. The summed E-state index contributed by atoms with van der Waals surface area (Å²) in [7, 11) is 2.14. The molecular formula is C23H28F2N6. The molecule has 6 nitrogen and oxygen atoms in total. The molecule has 1 unspecified atom stereocenters. The third kappa shape index (κ3) is 4.02. The van der Waals surface area contributed by atoms with Crippen molar-refractivity contribution in [2.45, 2.75) is 31.9 Å². The van der Waals surface area contributed by atoms with Crippen molar-refractivity contribution in [1.29, 1.82) is 0 Å².